The maximum atomic E-state index is 11.4. The molecule has 0 fully saturated rings. The van der Waals surface area contributed by atoms with Crippen LogP contribution < -0.4 is 11.5 Å². The predicted octanol–water partition coefficient (Wildman–Crippen LogP) is 1.33. The van der Waals surface area contributed by atoms with Crippen molar-refractivity contribution in [3.63, 3.8) is 0 Å². The fraction of sp³-hybridized carbons (Fsp3) is 0.0625. The second-order valence-corrected chi connectivity index (χ2v) is 5.49. The van der Waals surface area contributed by atoms with Gasteiger partial charge in [0.15, 0.2) is 11.3 Å². The molecule has 0 aliphatic rings. The third-order valence-electron chi connectivity index (χ3n) is 3.99. The van der Waals surface area contributed by atoms with Gasteiger partial charge in [-0.1, -0.05) is 12.1 Å². The van der Waals surface area contributed by atoms with Crippen LogP contribution in [-0.2, 0) is 0 Å². The number of pyridine rings is 1. The van der Waals surface area contributed by atoms with Crippen LogP contribution in [0, 0.1) is 6.92 Å². The van der Waals surface area contributed by atoms with Crippen molar-refractivity contribution in [2.45, 2.75) is 6.92 Å². The van der Waals surface area contributed by atoms with Crippen LogP contribution in [0.15, 0.2) is 36.8 Å². The molecule has 0 spiro atoms. The van der Waals surface area contributed by atoms with Crippen LogP contribution in [0.4, 0.5) is 5.69 Å². The van der Waals surface area contributed by atoms with Crippen molar-refractivity contribution in [3.8, 4) is 11.1 Å². The lowest BCUT2D eigenvalue weighted by Gasteiger charge is -2.12. The third kappa shape index (κ3) is 1.97. The number of amides is 1. The molecule has 118 valence electrons. The summed E-state index contributed by atoms with van der Waals surface area (Å²) < 4.78 is 1.82. The molecular weight excluding hydrogens is 306 g/mol. The van der Waals surface area contributed by atoms with Gasteiger partial charge in [-0.05, 0) is 24.6 Å². The number of anilines is 1. The summed E-state index contributed by atoms with van der Waals surface area (Å²) in [7, 11) is 0. The van der Waals surface area contributed by atoms with E-state index in [9.17, 15) is 4.79 Å². The summed E-state index contributed by atoms with van der Waals surface area (Å²) >= 11 is 0. The van der Waals surface area contributed by atoms with Gasteiger partial charge in [-0.25, -0.2) is 0 Å². The van der Waals surface area contributed by atoms with Crippen molar-refractivity contribution < 1.29 is 4.79 Å². The Morgan fingerprint density at radius 3 is 2.75 bits per heavy atom. The fourth-order valence-corrected chi connectivity index (χ4v) is 2.82. The number of fused-ring (bicyclic) bond motifs is 2. The monoisotopic (exact) mass is 319 g/mol. The number of hydrogen-bond acceptors (Lipinski definition) is 6. The molecule has 3 heterocycles. The Balaban J connectivity index is 2.05. The number of carbonyl (C=O) groups excluding carboxylic acids is 1. The Morgan fingerprint density at radius 1 is 1.12 bits per heavy atom. The lowest BCUT2D eigenvalue weighted by molar-refractivity contribution is 0.0996. The number of hydrogen-bond donors (Lipinski definition) is 2. The maximum Gasteiger partial charge on any atom is 0.271 e. The van der Waals surface area contributed by atoms with Crippen LogP contribution >= 0.6 is 0 Å². The molecule has 1 aromatic carbocycles. The smallest absolute Gasteiger partial charge is 0.271 e. The Morgan fingerprint density at radius 2 is 1.96 bits per heavy atom. The minimum Gasteiger partial charge on any atom is -0.396 e. The van der Waals surface area contributed by atoms with E-state index in [0.29, 0.717) is 10.9 Å². The zero-order valence-corrected chi connectivity index (χ0v) is 12.8. The number of nitrogen functional groups attached to an aromatic ring is 1. The number of nitrogens with zero attached hydrogens (tertiary/aromatic N) is 5. The third-order valence-corrected chi connectivity index (χ3v) is 3.99. The first kappa shape index (κ1) is 14.1. The van der Waals surface area contributed by atoms with Crippen molar-refractivity contribution in [1.82, 2.24) is 24.8 Å². The number of rotatable bonds is 2. The van der Waals surface area contributed by atoms with E-state index in [1.165, 1.54) is 0 Å². The molecule has 24 heavy (non-hydrogen) atoms. The van der Waals surface area contributed by atoms with Crippen molar-refractivity contribution in [1.29, 1.82) is 0 Å². The van der Waals surface area contributed by atoms with Gasteiger partial charge in [0, 0.05) is 22.7 Å². The molecule has 0 aliphatic carbocycles. The molecule has 1 amide bonds. The molecule has 0 unspecified atom stereocenters. The summed E-state index contributed by atoms with van der Waals surface area (Å²) in [5, 5.41) is 16.6. The van der Waals surface area contributed by atoms with Gasteiger partial charge in [0.25, 0.3) is 5.91 Å². The number of nitrogens with two attached hydrogens (primary N) is 2. The number of carbonyl (C=O) groups is 1. The molecule has 0 atom stereocenters. The highest BCUT2D eigenvalue weighted by Crippen LogP contribution is 2.33. The van der Waals surface area contributed by atoms with Crippen molar-refractivity contribution in [2.24, 2.45) is 5.73 Å². The number of benzene rings is 1. The van der Waals surface area contributed by atoms with Crippen molar-refractivity contribution >= 4 is 28.1 Å². The average molecular weight is 319 g/mol. The van der Waals surface area contributed by atoms with Gasteiger partial charge in [-0.3, -0.25) is 9.20 Å². The highest BCUT2D eigenvalue weighted by molar-refractivity contribution is 6.07. The Bertz CT molecular complexity index is 1120. The van der Waals surface area contributed by atoms with E-state index in [-0.39, 0.29) is 11.4 Å². The summed E-state index contributed by atoms with van der Waals surface area (Å²) in [5.74, 6) is -0.699. The molecule has 0 saturated heterocycles. The Labute approximate surface area is 136 Å². The summed E-state index contributed by atoms with van der Waals surface area (Å²) in [4.78, 5) is 11.4. The number of aromatic nitrogens is 5. The van der Waals surface area contributed by atoms with Crippen LogP contribution in [0.2, 0.25) is 0 Å². The molecular formula is C16H13N7O. The lowest BCUT2D eigenvalue weighted by Crippen LogP contribution is -2.16. The van der Waals surface area contributed by atoms with E-state index in [1.54, 1.807) is 6.33 Å². The standard InChI is InChI=1S/C16H13N7O/c1-8-2-4-10-13(17)15(16(18)24)22-21-14(10)12(8)9-3-5-11-20-19-7-23(11)6-9/h2-7H,1H3,(H2,17,21)(H2,18,24). The highest BCUT2D eigenvalue weighted by Gasteiger charge is 2.17. The van der Waals surface area contributed by atoms with Crippen molar-refractivity contribution in [3.05, 3.63) is 48.0 Å². The van der Waals surface area contributed by atoms with E-state index in [0.717, 1.165) is 22.3 Å². The van der Waals surface area contributed by atoms with Gasteiger partial charge in [-0.2, -0.15) is 0 Å². The molecule has 8 heteroatoms. The van der Waals surface area contributed by atoms with Crippen LogP contribution in [0.3, 0.4) is 0 Å². The first-order valence-electron chi connectivity index (χ1n) is 7.21. The molecule has 4 aromatic rings. The van der Waals surface area contributed by atoms with Crippen LogP contribution in [0.5, 0.6) is 0 Å². The largest absolute Gasteiger partial charge is 0.396 e. The summed E-state index contributed by atoms with van der Waals surface area (Å²) in [6.45, 7) is 1.98. The summed E-state index contributed by atoms with van der Waals surface area (Å²) in [5.41, 5.74) is 15.8. The molecule has 0 aliphatic heterocycles. The van der Waals surface area contributed by atoms with Gasteiger partial charge < -0.3 is 11.5 Å². The fourth-order valence-electron chi connectivity index (χ4n) is 2.82. The molecule has 3 aromatic heterocycles. The second-order valence-electron chi connectivity index (χ2n) is 5.49. The van der Waals surface area contributed by atoms with E-state index in [1.807, 2.05) is 41.8 Å². The SMILES string of the molecule is Cc1ccc2c(N)c(C(N)=O)nnc2c1-c1ccc2nncn2c1. The predicted molar refractivity (Wildman–Crippen MR) is 89.2 cm³/mol. The lowest BCUT2D eigenvalue weighted by atomic mass is 9.97. The highest BCUT2D eigenvalue weighted by atomic mass is 16.1. The number of primary amides is 1. The first-order chi connectivity index (χ1) is 11.6. The van der Waals surface area contributed by atoms with Gasteiger partial charge in [0.2, 0.25) is 0 Å². The molecule has 8 nitrogen and oxygen atoms in total. The molecule has 0 saturated carbocycles. The second kappa shape index (κ2) is 4.98. The normalized spacial score (nSPS) is 11.2. The van der Waals surface area contributed by atoms with Gasteiger partial charge in [0.1, 0.15) is 11.8 Å². The molecule has 0 radical (unpaired) electrons. The van der Waals surface area contributed by atoms with Gasteiger partial charge >= 0.3 is 0 Å². The first-order valence-corrected chi connectivity index (χ1v) is 7.21. The average Bonchev–Trinajstić information content (AvgIpc) is 3.02. The van der Waals surface area contributed by atoms with Gasteiger partial charge in [0.05, 0.1) is 5.69 Å². The summed E-state index contributed by atoms with van der Waals surface area (Å²) in [6.07, 6.45) is 3.54. The van der Waals surface area contributed by atoms with Crippen molar-refractivity contribution in [2.75, 3.05) is 5.73 Å². The summed E-state index contributed by atoms with van der Waals surface area (Å²) in [6, 6.07) is 7.56. The van der Waals surface area contributed by atoms with Crippen LogP contribution in [0.25, 0.3) is 27.7 Å². The Kier molecular flexibility index (Phi) is 2.92. The Hall–Kier alpha value is -3.55. The zero-order chi connectivity index (χ0) is 16.8. The quantitative estimate of drug-likeness (QED) is 0.574. The number of aryl methyl sites for hydroxylation is 1. The molecule has 4 N–H and O–H groups in total. The van der Waals surface area contributed by atoms with E-state index >= 15 is 0 Å². The minimum atomic E-state index is -0.699. The zero-order valence-electron chi connectivity index (χ0n) is 12.8. The maximum absolute atomic E-state index is 11.4. The van der Waals surface area contributed by atoms with Gasteiger partial charge in [-0.15, -0.1) is 20.4 Å². The minimum absolute atomic E-state index is 0.0217. The van der Waals surface area contributed by atoms with E-state index in [4.69, 9.17) is 11.5 Å². The van der Waals surface area contributed by atoms with E-state index < -0.39 is 5.91 Å². The van der Waals surface area contributed by atoms with E-state index in [2.05, 4.69) is 20.4 Å². The molecule has 4 rings (SSSR count). The molecule has 0 bridgehead atoms. The van der Waals surface area contributed by atoms with Crippen LogP contribution in [0.1, 0.15) is 16.1 Å². The topological polar surface area (TPSA) is 125 Å². The van der Waals surface area contributed by atoms with Crippen LogP contribution in [-0.4, -0.2) is 30.7 Å².